The monoisotopic (exact) mass is 505 g/mol. The summed E-state index contributed by atoms with van der Waals surface area (Å²) >= 11 is 1.28. The quantitative estimate of drug-likeness (QED) is 0.373. The molecule has 0 aliphatic carbocycles. The molecule has 0 unspecified atom stereocenters. The second kappa shape index (κ2) is 10.4. The number of benzene rings is 1. The molecule has 188 valence electrons. The Bertz CT molecular complexity index is 1090. The molecular formula is C23H27N3O8S. The Morgan fingerprint density at radius 1 is 1.20 bits per heavy atom. The number of rotatable bonds is 7. The molecule has 0 aromatic heterocycles. The van der Waals surface area contributed by atoms with E-state index in [-0.39, 0.29) is 24.5 Å². The summed E-state index contributed by atoms with van der Waals surface area (Å²) in [5.41, 5.74) is 0.320. The minimum absolute atomic E-state index is 0.119. The smallest absolute Gasteiger partial charge is 0.412 e. The van der Waals surface area contributed by atoms with Gasteiger partial charge in [-0.25, -0.2) is 9.59 Å². The third-order valence-corrected chi connectivity index (χ3v) is 6.36. The number of hydrogen-bond acceptors (Lipinski definition) is 8. The van der Waals surface area contributed by atoms with Crippen molar-refractivity contribution < 1.29 is 38.6 Å². The van der Waals surface area contributed by atoms with Gasteiger partial charge in [-0.2, -0.15) is 0 Å². The van der Waals surface area contributed by atoms with Gasteiger partial charge in [-0.15, -0.1) is 11.8 Å². The number of carbonyl (C=O) groups is 5. The van der Waals surface area contributed by atoms with Crippen molar-refractivity contribution in [3.63, 3.8) is 0 Å². The van der Waals surface area contributed by atoms with Crippen LogP contribution in [-0.4, -0.2) is 69.2 Å². The highest BCUT2D eigenvalue weighted by atomic mass is 32.2. The van der Waals surface area contributed by atoms with Crippen LogP contribution in [-0.2, 0) is 35.1 Å². The van der Waals surface area contributed by atoms with E-state index in [4.69, 9.17) is 9.47 Å². The van der Waals surface area contributed by atoms with Crippen LogP contribution in [0, 0.1) is 0 Å². The molecule has 1 fully saturated rings. The standard InChI is InChI=1S/C23H27N3O8S/c1-12(27)33-10-14-11-35-20-17(19(29)26(20)18(14)21(30)31)25-16(28)9-13-7-5-6-8-15(13)24-22(32)34-23(2,3)4/h5-8,17,20H,9-11H2,1-4H3,(H,24,32)(H,25,28)(H,30,31)/t17-,20+/m0/s1. The Hall–Kier alpha value is -3.54. The fourth-order valence-corrected chi connectivity index (χ4v) is 4.92. The Kier molecular flexibility index (Phi) is 7.73. The summed E-state index contributed by atoms with van der Waals surface area (Å²) in [6.07, 6.45) is -0.779. The summed E-state index contributed by atoms with van der Waals surface area (Å²) in [6, 6.07) is 5.82. The topological polar surface area (TPSA) is 151 Å². The zero-order valence-corrected chi connectivity index (χ0v) is 20.6. The summed E-state index contributed by atoms with van der Waals surface area (Å²) in [5, 5.41) is 14.3. The number of ether oxygens (including phenoxy) is 2. The minimum Gasteiger partial charge on any atom is -0.477 e. The third kappa shape index (κ3) is 6.32. The predicted octanol–water partition coefficient (Wildman–Crippen LogP) is 1.88. The van der Waals surface area contributed by atoms with Gasteiger partial charge in [-0.1, -0.05) is 18.2 Å². The number of aliphatic carboxylic acids is 1. The van der Waals surface area contributed by atoms with Crippen molar-refractivity contribution in [1.29, 1.82) is 0 Å². The van der Waals surface area contributed by atoms with E-state index >= 15 is 0 Å². The first-order chi connectivity index (χ1) is 16.4. The van der Waals surface area contributed by atoms with E-state index in [1.54, 1.807) is 45.0 Å². The molecule has 1 aromatic carbocycles. The Labute approximate surface area is 206 Å². The van der Waals surface area contributed by atoms with Crippen LogP contribution in [0.1, 0.15) is 33.3 Å². The molecule has 3 N–H and O–H groups in total. The van der Waals surface area contributed by atoms with E-state index in [2.05, 4.69) is 10.6 Å². The van der Waals surface area contributed by atoms with Gasteiger partial charge in [-0.05, 0) is 32.4 Å². The van der Waals surface area contributed by atoms with Gasteiger partial charge >= 0.3 is 18.0 Å². The van der Waals surface area contributed by atoms with Crippen LogP contribution in [0.5, 0.6) is 0 Å². The largest absolute Gasteiger partial charge is 0.477 e. The van der Waals surface area contributed by atoms with Crippen molar-refractivity contribution >= 4 is 47.3 Å². The lowest BCUT2D eigenvalue weighted by Gasteiger charge is -2.49. The predicted molar refractivity (Wildman–Crippen MR) is 126 cm³/mol. The lowest BCUT2D eigenvalue weighted by Crippen LogP contribution is -2.70. The van der Waals surface area contributed by atoms with Crippen molar-refractivity contribution in [2.45, 2.75) is 51.1 Å². The van der Waals surface area contributed by atoms with Crippen molar-refractivity contribution in [3.05, 3.63) is 41.1 Å². The lowest BCUT2D eigenvalue weighted by molar-refractivity contribution is -0.151. The van der Waals surface area contributed by atoms with Gasteiger partial charge in [0.1, 0.15) is 29.3 Å². The van der Waals surface area contributed by atoms with E-state index in [0.717, 1.165) is 4.90 Å². The normalized spacial score (nSPS) is 19.3. The summed E-state index contributed by atoms with van der Waals surface area (Å²) in [5.74, 6) is -2.66. The van der Waals surface area contributed by atoms with Crippen LogP contribution in [0.3, 0.4) is 0 Å². The third-order valence-electron chi connectivity index (χ3n) is 5.02. The van der Waals surface area contributed by atoms with Gasteiger partial charge in [0.15, 0.2) is 0 Å². The molecule has 3 rings (SSSR count). The van der Waals surface area contributed by atoms with Crippen LogP contribution in [0.25, 0.3) is 0 Å². The average Bonchev–Trinajstić information content (AvgIpc) is 2.75. The molecule has 1 saturated heterocycles. The molecule has 0 bridgehead atoms. The van der Waals surface area contributed by atoms with Crippen LogP contribution < -0.4 is 10.6 Å². The molecule has 1 aromatic rings. The fraction of sp³-hybridized carbons (Fsp3) is 0.435. The highest BCUT2D eigenvalue weighted by Gasteiger charge is 2.54. The first-order valence-electron chi connectivity index (χ1n) is 10.8. The molecular weight excluding hydrogens is 478 g/mol. The first-order valence-corrected chi connectivity index (χ1v) is 11.8. The van der Waals surface area contributed by atoms with Crippen LogP contribution in [0.15, 0.2) is 35.5 Å². The molecule has 0 saturated carbocycles. The second-order valence-electron chi connectivity index (χ2n) is 8.95. The molecule has 11 nitrogen and oxygen atoms in total. The SMILES string of the molecule is CC(=O)OCC1=C(C(=O)O)N2C(=O)[C@H](NC(=O)Cc3ccccc3NC(=O)OC(C)(C)C)[C@H]2SC1. The van der Waals surface area contributed by atoms with Crippen molar-refractivity contribution in [1.82, 2.24) is 10.2 Å². The van der Waals surface area contributed by atoms with E-state index < -0.39 is 46.9 Å². The van der Waals surface area contributed by atoms with Gasteiger partial charge in [0.05, 0.1) is 6.42 Å². The molecule has 0 spiro atoms. The molecule has 2 aliphatic rings. The maximum absolute atomic E-state index is 12.7. The highest BCUT2D eigenvalue weighted by molar-refractivity contribution is 8.00. The first kappa shape index (κ1) is 26.1. The average molecular weight is 506 g/mol. The number of carboxylic acids is 1. The number of thioether (sulfide) groups is 1. The van der Waals surface area contributed by atoms with Crippen LogP contribution >= 0.6 is 11.8 Å². The Balaban J connectivity index is 1.66. The van der Waals surface area contributed by atoms with Crippen molar-refractivity contribution in [3.8, 4) is 0 Å². The van der Waals surface area contributed by atoms with Gasteiger partial charge in [0, 0.05) is 23.9 Å². The van der Waals surface area contributed by atoms with Gasteiger partial charge < -0.3 is 19.9 Å². The van der Waals surface area contributed by atoms with Gasteiger partial charge in [-0.3, -0.25) is 24.6 Å². The molecule has 2 atom stereocenters. The number of fused-ring (bicyclic) bond motifs is 1. The van der Waals surface area contributed by atoms with E-state index in [0.29, 0.717) is 16.8 Å². The van der Waals surface area contributed by atoms with E-state index in [1.165, 1.54) is 18.7 Å². The molecule has 0 radical (unpaired) electrons. The molecule has 35 heavy (non-hydrogen) atoms. The minimum atomic E-state index is -1.31. The zero-order valence-electron chi connectivity index (χ0n) is 19.7. The Morgan fingerprint density at radius 2 is 1.89 bits per heavy atom. The number of amides is 3. The number of anilines is 1. The fourth-order valence-electron chi connectivity index (χ4n) is 3.59. The second-order valence-corrected chi connectivity index (χ2v) is 10.1. The summed E-state index contributed by atoms with van der Waals surface area (Å²) in [7, 11) is 0. The number of nitrogens with zero attached hydrogens (tertiary/aromatic N) is 1. The number of esters is 1. The summed E-state index contributed by atoms with van der Waals surface area (Å²) in [4.78, 5) is 61.6. The molecule has 12 heteroatoms. The van der Waals surface area contributed by atoms with Crippen molar-refractivity contribution in [2.75, 3.05) is 17.7 Å². The summed E-state index contributed by atoms with van der Waals surface area (Å²) < 4.78 is 10.2. The number of para-hydroxylation sites is 1. The number of nitrogens with one attached hydrogen (secondary N) is 2. The van der Waals surface area contributed by atoms with Crippen LogP contribution in [0.2, 0.25) is 0 Å². The number of hydrogen-bond donors (Lipinski definition) is 3. The van der Waals surface area contributed by atoms with E-state index in [9.17, 15) is 29.1 Å². The Morgan fingerprint density at radius 3 is 2.51 bits per heavy atom. The lowest BCUT2D eigenvalue weighted by atomic mass is 10.0. The molecule has 2 aliphatic heterocycles. The number of carboxylic acid groups (broad SMARTS) is 1. The van der Waals surface area contributed by atoms with Crippen LogP contribution in [0.4, 0.5) is 10.5 Å². The maximum Gasteiger partial charge on any atom is 0.412 e. The number of carbonyl (C=O) groups excluding carboxylic acids is 4. The van der Waals surface area contributed by atoms with Crippen molar-refractivity contribution in [2.24, 2.45) is 0 Å². The highest BCUT2D eigenvalue weighted by Crippen LogP contribution is 2.40. The van der Waals surface area contributed by atoms with E-state index in [1.807, 2.05) is 0 Å². The summed E-state index contributed by atoms with van der Waals surface area (Å²) in [6.45, 7) is 6.19. The van der Waals surface area contributed by atoms with Gasteiger partial charge in [0.25, 0.3) is 5.91 Å². The number of β-lactam (4-membered cyclic amide) rings is 1. The molecule has 2 heterocycles. The van der Waals surface area contributed by atoms with Gasteiger partial charge in [0.2, 0.25) is 5.91 Å². The maximum atomic E-state index is 12.7. The molecule has 3 amide bonds. The zero-order chi connectivity index (χ0) is 25.9.